The molecule has 1 aromatic rings. The van der Waals surface area contributed by atoms with Crippen molar-refractivity contribution in [1.82, 2.24) is 0 Å². The molecule has 0 aromatic heterocycles. The van der Waals surface area contributed by atoms with Crippen LogP contribution in [-0.4, -0.2) is 33.9 Å². The first-order chi connectivity index (χ1) is 12.1. The van der Waals surface area contributed by atoms with Crippen LogP contribution in [0.3, 0.4) is 0 Å². The Morgan fingerprint density at radius 2 is 1.76 bits per heavy atom. The fourth-order valence-electron chi connectivity index (χ4n) is 3.11. The summed E-state index contributed by atoms with van der Waals surface area (Å²) in [6.45, 7) is 2.70. The van der Waals surface area contributed by atoms with Gasteiger partial charge in [-0.05, 0) is 42.7 Å². The van der Waals surface area contributed by atoms with Crippen molar-refractivity contribution in [1.29, 1.82) is 0 Å². The highest BCUT2D eigenvalue weighted by Crippen LogP contribution is 2.40. The standard InChI is InChI=1S/C20H28O5/c1-14-7-5-6-8-16(14)13-25-18(21)12-10-15-9-11-17(22-2)20(24-4)19(15)23-3/h5-6,9,11,14,16H,7-8,10,12-13H2,1-4H3. The maximum absolute atomic E-state index is 12.1. The summed E-state index contributed by atoms with van der Waals surface area (Å²) in [5, 5.41) is 0. The van der Waals surface area contributed by atoms with E-state index < -0.39 is 0 Å². The molecule has 1 aliphatic rings. The maximum Gasteiger partial charge on any atom is 0.306 e. The molecule has 0 saturated heterocycles. The third-order valence-corrected chi connectivity index (χ3v) is 4.76. The van der Waals surface area contributed by atoms with E-state index in [1.165, 1.54) is 0 Å². The van der Waals surface area contributed by atoms with Gasteiger partial charge in [0.25, 0.3) is 0 Å². The monoisotopic (exact) mass is 348 g/mol. The molecule has 1 aliphatic carbocycles. The highest BCUT2D eigenvalue weighted by Gasteiger charge is 2.21. The Hall–Kier alpha value is -2.17. The molecule has 0 saturated carbocycles. The molecule has 5 heteroatoms. The van der Waals surface area contributed by atoms with Crippen molar-refractivity contribution >= 4 is 5.97 Å². The largest absolute Gasteiger partial charge is 0.493 e. The van der Waals surface area contributed by atoms with Crippen molar-refractivity contribution in [2.24, 2.45) is 11.8 Å². The van der Waals surface area contributed by atoms with Crippen LogP contribution in [-0.2, 0) is 16.0 Å². The number of allylic oxidation sites excluding steroid dienone is 2. The SMILES string of the molecule is COc1ccc(CCC(=O)OCC2CC=CCC2C)c(OC)c1OC. The summed E-state index contributed by atoms with van der Waals surface area (Å²) in [7, 11) is 4.73. The van der Waals surface area contributed by atoms with Gasteiger partial charge in [-0.3, -0.25) is 4.79 Å². The number of hydrogen-bond acceptors (Lipinski definition) is 5. The van der Waals surface area contributed by atoms with Crippen molar-refractivity contribution in [2.45, 2.75) is 32.6 Å². The summed E-state index contributed by atoms with van der Waals surface area (Å²) in [6, 6.07) is 3.71. The van der Waals surface area contributed by atoms with Gasteiger partial charge in [0, 0.05) is 6.42 Å². The number of hydrogen-bond donors (Lipinski definition) is 0. The van der Waals surface area contributed by atoms with Gasteiger partial charge in [-0.1, -0.05) is 25.1 Å². The molecule has 2 rings (SSSR count). The summed E-state index contributed by atoms with van der Waals surface area (Å²) in [6.07, 6.45) is 7.26. The number of carbonyl (C=O) groups excluding carboxylic acids is 1. The van der Waals surface area contributed by atoms with Crippen LogP contribution in [0.25, 0.3) is 0 Å². The highest BCUT2D eigenvalue weighted by molar-refractivity contribution is 5.70. The van der Waals surface area contributed by atoms with E-state index in [0.717, 1.165) is 18.4 Å². The van der Waals surface area contributed by atoms with Gasteiger partial charge in [0.2, 0.25) is 5.75 Å². The topological polar surface area (TPSA) is 54.0 Å². The van der Waals surface area contributed by atoms with E-state index in [1.807, 2.05) is 12.1 Å². The summed E-state index contributed by atoms with van der Waals surface area (Å²) in [5.41, 5.74) is 0.895. The Bertz CT molecular complexity index is 608. The molecule has 138 valence electrons. The Balaban J connectivity index is 1.92. The van der Waals surface area contributed by atoms with Crippen molar-refractivity contribution in [2.75, 3.05) is 27.9 Å². The summed E-state index contributed by atoms with van der Waals surface area (Å²) < 4.78 is 21.6. The zero-order chi connectivity index (χ0) is 18.2. The average Bonchev–Trinajstić information content (AvgIpc) is 2.64. The van der Waals surface area contributed by atoms with Crippen LogP contribution in [0.1, 0.15) is 31.7 Å². The van der Waals surface area contributed by atoms with Gasteiger partial charge in [0.15, 0.2) is 11.5 Å². The van der Waals surface area contributed by atoms with E-state index in [2.05, 4.69) is 19.1 Å². The quantitative estimate of drug-likeness (QED) is 0.528. The molecule has 0 heterocycles. The average molecular weight is 348 g/mol. The molecule has 0 N–H and O–H groups in total. The summed E-state index contributed by atoms with van der Waals surface area (Å²) >= 11 is 0. The molecular weight excluding hydrogens is 320 g/mol. The number of esters is 1. The van der Waals surface area contributed by atoms with Crippen molar-refractivity contribution in [3.05, 3.63) is 29.8 Å². The highest BCUT2D eigenvalue weighted by atomic mass is 16.5. The fourth-order valence-corrected chi connectivity index (χ4v) is 3.11. The van der Waals surface area contributed by atoms with Gasteiger partial charge < -0.3 is 18.9 Å². The Morgan fingerprint density at radius 1 is 1.04 bits per heavy atom. The molecule has 2 unspecified atom stereocenters. The van der Waals surface area contributed by atoms with Crippen LogP contribution in [0.4, 0.5) is 0 Å². The first-order valence-electron chi connectivity index (χ1n) is 8.69. The number of methoxy groups -OCH3 is 3. The van der Waals surface area contributed by atoms with Crippen LogP contribution in [0.2, 0.25) is 0 Å². The molecule has 0 amide bonds. The molecule has 25 heavy (non-hydrogen) atoms. The van der Waals surface area contributed by atoms with E-state index in [0.29, 0.717) is 48.5 Å². The van der Waals surface area contributed by atoms with Crippen LogP contribution >= 0.6 is 0 Å². The molecule has 0 bridgehead atoms. The second kappa shape index (κ2) is 9.35. The lowest BCUT2D eigenvalue weighted by atomic mass is 9.85. The zero-order valence-corrected chi connectivity index (χ0v) is 15.5. The van der Waals surface area contributed by atoms with E-state index in [-0.39, 0.29) is 5.97 Å². The predicted molar refractivity (Wildman–Crippen MR) is 96.4 cm³/mol. The van der Waals surface area contributed by atoms with Crippen LogP contribution in [0.15, 0.2) is 24.3 Å². The minimum Gasteiger partial charge on any atom is -0.493 e. The normalized spacial score (nSPS) is 19.4. The molecule has 0 spiro atoms. The third kappa shape index (κ3) is 4.91. The molecule has 2 atom stereocenters. The number of ether oxygens (including phenoxy) is 4. The van der Waals surface area contributed by atoms with Gasteiger partial charge in [-0.25, -0.2) is 0 Å². The lowest BCUT2D eigenvalue weighted by Gasteiger charge is -2.24. The number of carbonyl (C=O) groups is 1. The van der Waals surface area contributed by atoms with Gasteiger partial charge in [-0.15, -0.1) is 0 Å². The van der Waals surface area contributed by atoms with Crippen molar-refractivity contribution < 1.29 is 23.7 Å². The summed E-state index contributed by atoms with van der Waals surface area (Å²) in [4.78, 5) is 12.1. The van der Waals surface area contributed by atoms with Crippen molar-refractivity contribution in [3.8, 4) is 17.2 Å². The Kier molecular flexibility index (Phi) is 7.16. The maximum atomic E-state index is 12.1. The van der Waals surface area contributed by atoms with Crippen LogP contribution < -0.4 is 14.2 Å². The van der Waals surface area contributed by atoms with Gasteiger partial charge >= 0.3 is 5.97 Å². The minimum atomic E-state index is -0.182. The number of benzene rings is 1. The van der Waals surface area contributed by atoms with Crippen LogP contribution in [0.5, 0.6) is 17.2 Å². The van der Waals surface area contributed by atoms with E-state index in [9.17, 15) is 4.79 Å². The molecule has 1 aromatic carbocycles. The second-order valence-electron chi connectivity index (χ2n) is 6.36. The minimum absolute atomic E-state index is 0.182. The van der Waals surface area contributed by atoms with E-state index in [1.54, 1.807) is 21.3 Å². The Labute approximate surface area is 149 Å². The first-order valence-corrected chi connectivity index (χ1v) is 8.69. The van der Waals surface area contributed by atoms with Gasteiger partial charge in [0.05, 0.1) is 27.9 Å². The first kappa shape index (κ1) is 19.2. The predicted octanol–water partition coefficient (Wildman–Crippen LogP) is 3.79. The third-order valence-electron chi connectivity index (χ3n) is 4.76. The molecule has 5 nitrogen and oxygen atoms in total. The molecule has 0 radical (unpaired) electrons. The van der Waals surface area contributed by atoms with Gasteiger partial charge in [-0.2, -0.15) is 0 Å². The molecular formula is C20H28O5. The lowest BCUT2D eigenvalue weighted by molar-refractivity contribution is -0.145. The van der Waals surface area contributed by atoms with E-state index >= 15 is 0 Å². The summed E-state index contributed by atoms with van der Waals surface area (Å²) in [5.74, 6) is 2.54. The smallest absolute Gasteiger partial charge is 0.306 e. The Morgan fingerprint density at radius 3 is 2.40 bits per heavy atom. The van der Waals surface area contributed by atoms with Crippen molar-refractivity contribution in [3.63, 3.8) is 0 Å². The zero-order valence-electron chi connectivity index (χ0n) is 15.5. The fraction of sp³-hybridized carbons (Fsp3) is 0.550. The molecule has 0 aliphatic heterocycles. The van der Waals surface area contributed by atoms with Gasteiger partial charge in [0.1, 0.15) is 0 Å². The van der Waals surface area contributed by atoms with Crippen LogP contribution in [0, 0.1) is 11.8 Å². The number of rotatable bonds is 8. The van der Waals surface area contributed by atoms with E-state index in [4.69, 9.17) is 18.9 Å². The second-order valence-corrected chi connectivity index (χ2v) is 6.36. The lowest BCUT2D eigenvalue weighted by Crippen LogP contribution is -2.21. The number of aryl methyl sites for hydroxylation is 1. The molecule has 0 fully saturated rings.